The third-order valence-corrected chi connectivity index (χ3v) is 6.65. The van der Waals surface area contributed by atoms with E-state index in [9.17, 15) is 4.79 Å². The Morgan fingerprint density at radius 3 is 2.47 bits per heavy atom. The molecule has 1 aliphatic rings. The molecule has 1 unspecified atom stereocenters. The predicted octanol–water partition coefficient (Wildman–Crippen LogP) is 4.79. The number of amides is 1. The summed E-state index contributed by atoms with van der Waals surface area (Å²) in [5, 5.41) is 9.82. The molecule has 0 aliphatic heterocycles. The highest BCUT2D eigenvalue weighted by Gasteiger charge is 2.31. The summed E-state index contributed by atoms with van der Waals surface area (Å²) in [6.45, 7) is 10.4. The Morgan fingerprint density at radius 1 is 1.18 bits per heavy atom. The lowest BCUT2D eigenvalue weighted by molar-refractivity contribution is 0.0744. The van der Waals surface area contributed by atoms with Crippen LogP contribution in [-0.4, -0.2) is 47.4 Å². The molecule has 0 saturated heterocycles. The maximum absolute atomic E-state index is 13.9. The van der Waals surface area contributed by atoms with Gasteiger partial charge >= 0.3 is 0 Å². The van der Waals surface area contributed by atoms with Gasteiger partial charge in [0.2, 0.25) is 0 Å². The molecule has 8 nitrogen and oxygen atoms in total. The van der Waals surface area contributed by atoms with E-state index in [0.29, 0.717) is 11.5 Å². The number of rotatable bonds is 5. The Balaban J connectivity index is 1.51. The summed E-state index contributed by atoms with van der Waals surface area (Å²) < 4.78 is 3.68. The number of carbonyl (C=O) groups excluding carboxylic acids is 1. The van der Waals surface area contributed by atoms with Gasteiger partial charge < -0.3 is 4.90 Å². The van der Waals surface area contributed by atoms with E-state index in [2.05, 4.69) is 30.9 Å². The molecule has 1 aliphatic carbocycles. The summed E-state index contributed by atoms with van der Waals surface area (Å²) >= 11 is 0. The van der Waals surface area contributed by atoms with E-state index >= 15 is 0 Å². The van der Waals surface area contributed by atoms with E-state index in [-0.39, 0.29) is 17.5 Å². The number of pyridine rings is 1. The molecule has 4 aromatic rings. The lowest BCUT2D eigenvalue weighted by Gasteiger charge is -2.26. The molecule has 3 heterocycles. The maximum Gasteiger partial charge on any atom is 0.254 e. The molecule has 1 saturated carbocycles. The summed E-state index contributed by atoms with van der Waals surface area (Å²) in [5.41, 5.74) is 5.07. The van der Waals surface area contributed by atoms with Gasteiger partial charge in [0.1, 0.15) is 12.7 Å². The molecule has 1 fully saturated rings. The van der Waals surface area contributed by atoms with Crippen molar-refractivity contribution < 1.29 is 4.79 Å². The van der Waals surface area contributed by atoms with E-state index in [1.807, 2.05) is 60.8 Å². The zero-order chi connectivity index (χ0) is 24.2. The molecule has 1 atom stereocenters. The van der Waals surface area contributed by atoms with Gasteiger partial charge in [-0.1, -0.05) is 12.1 Å². The number of hydrogen-bond donors (Lipinski definition) is 0. The topological polar surface area (TPSA) is 81.7 Å². The second-order valence-corrected chi connectivity index (χ2v) is 10.3. The molecule has 0 N–H and O–H groups in total. The van der Waals surface area contributed by atoms with Gasteiger partial charge in [-0.25, -0.2) is 19.3 Å². The van der Waals surface area contributed by atoms with Crippen LogP contribution in [0.3, 0.4) is 0 Å². The van der Waals surface area contributed by atoms with Crippen LogP contribution < -0.4 is 0 Å². The Bertz CT molecular complexity index is 1340. The van der Waals surface area contributed by atoms with Crippen molar-refractivity contribution >= 4 is 16.9 Å². The fourth-order valence-electron chi connectivity index (χ4n) is 4.37. The Hall–Kier alpha value is -3.55. The quantitative estimate of drug-likeness (QED) is 0.431. The molecular formula is C26H31N7O. The van der Waals surface area contributed by atoms with Crippen LogP contribution in [0.4, 0.5) is 0 Å². The molecule has 34 heavy (non-hydrogen) atoms. The maximum atomic E-state index is 13.9. The predicted molar refractivity (Wildman–Crippen MR) is 131 cm³/mol. The van der Waals surface area contributed by atoms with E-state index in [1.54, 1.807) is 11.0 Å². The second-order valence-electron chi connectivity index (χ2n) is 10.3. The van der Waals surface area contributed by atoms with Crippen molar-refractivity contribution in [1.82, 2.24) is 34.4 Å². The van der Waals surface area contributed by atoms with E-state index < -0.39 is 0 Å². The van der Waals surface area contributed by atoms with Gasteiger partial charge in [-0.05, 0) is 71.2 Å². The smallest absolute Gasteiger partial charge is 0.254 e. The number of carbonyl (C=O) groups is 1. The SMILES string of the molecule is Cc1nn(C(C)(C)C)c2nc(C3CC3)cc(C(=O)N(C)C(C)c3ccc(-n4cncn4)cc3)c12. The van der Waals surface area contributed by atoms with Gasteiger partial charge in [-0.3, -0.25) is 4.79 Å². The van der Waals surface area contributed by atoms with Crippen LogP contribution in [0.25, 0.3) is 16.7 Å². The molecule has 3 aromatic heterocycles. The number of benzene rings is 1. The van der Waals surface area contributed by atoms with Crippen molar-refractivity contribution in [2.75, 3.05) is 7.05 Å². The Morgan fingerprint density at radius 2 is 1.88 bits per heavy atom. The summed E-state index contributed by atoms with van der Waals surface area (Å²) in [4.78, 5) is 24.7. The van der Waals surface area contributed by atoms with Gasteiger partial charge in [0.25, 0.3) is 5.91 Å². The lowest BCUT2D eigenvalue weighted by atomic mass is 10.0. The van der Waals surface area contributed by atoms with Crippen molar-refractivity contribution in [2.24, 2.45) is 0 Å². The number of aryl methyl sites for hydroxylation is 1. The average Bonchev–Trinajstić information content (AvgIpc) is 3.41. The van der Waals surface area contributed by atoms with Crippen molar-refractivity contribution in [3.05, 3.63) is 65.5 Å². The Labute approximate surface area is 199 Å². The third-order valence-electron chi connectivity index (χ3n) is 6.65. The lowest BCUT2D eigenvalue weighted by Crippen LogP contribution is -2.30. The molecular weight excluding hydrogens is 426 g/mol. The Kier molecular flexibility index (Phi) is 5.26. The van der Waals surface area contributed by atoms with Gasteiger partial charge in [0, 0.05) is 18.7 Å². The van der Waals surface area contributed by atoms with E-state index in [0.717, 1.165) is 46.5 Å². The van der Waals surface area contributed by atoms with Crippen molar-refractivity contribution in [3.63, 3.8) is 0 Å². The minimum absolute atomic E-state index is 0.0151. The van der Waals surface area contributed by atoms with Crippen LogP contribution in [0.2, 0.25) is 0 Å². The molecule has 8 heteroatoms. The van der Waals surface area contributed by atoms with Crippen LogP contribution >= 0.6 is 0 Å². The molecule has 1 aromatic carbocycles. The molecule has 0 bridgehead atoms. The second kappa shape index (κ2) is 8.04. The first kappa shape index (κ1) is 22.3. The number of fused-ring (bicyclic) bond motifs is 1. The van der Waals surface area contributed by atoms with Crippen molar-refractivity contribution in [3.8, 4) is 5.69 Å². The standard InChI is InChI=1S/C26H31N7O/c1-16-23-21(13-22(19-7-8-19)29-24(23)33(30-16)26(3,4)5)25(34)31(6)17(2)18-9-11-20(12-10-18)32-15-27-14-28-32/h9-15,17,19H,7-8H2,1-6H3. The van der Waals surface area contributed by atoms with Gasteiger partial charge in [-0.15, -0.1) is 0 Å². The van der Waals surface area contributed by atoms with Crippen LogP contribution in [0, 0.1) is 6.92 Å². The molecule has 1 amide bonds. The van der Waals surface area contributed by atoms with Gasteiger partial charge in [0.15, 0.2) is 5.65 Å². The van der Waals surface area contributed by atoms with Crippen molar-refractivity contribution in [1.29, 1.82) is 0 Å². The third kappa shape index (κ3) is 3.87. The van der Waals surface area contributed by atoms with E-state index in [4.69, 9.17) is 10.1 Å². The number of aromatic nitrogens is 6. The summed E-state index contributed by atoms with van der Waals surface area (Å²) in [7, 11) is 1.87. The zero-order valence-electron chi connectivity index (χ0n) is 20.6. The highest BCUT2D eigenvalue weighted by atomic mass is 16.2. The minimum Gasteiger partial charge on any atom is -0.335 e. The first-order valence-corrected chi connectivity index (χ1v) is 11.8. The fourth-order valence-corrected chi connectivity index (χ4v) is 4.37. The monoisotopic (exact) mass is 457 g/mol. The minimum atomic E-state index is -0.229. The highest BCUT2D eigenvalue weighted by Crippen LogP contribution is 2.41. The normalized spacial score (nSPS) is 15.0. The zero-order valence-corrected chi connectivity index (χ0v) is 20.6. The highest BCUT2D eigenvalue weighted by molar-refractivity contribution is 6.06. The van der Waals surface area contributed by atoms with Gasteiger partial charge in [0.05, 0.1) is 33.9 Å². The van der Waals surface area contributed by atoms with Crippen molar-refractivity contribution in [2.45, 2.75) is 65.0 Å². The van der Waals surface area contributed by atoms with Crippen LogP contribution in [0.15, 0.2) is 43.0 Å². The molecule has 0 radical (unpaired) electrons. The van der Waals surface area contributed by atoms with Crippen LogP contribution in [0.5, 0.6) is 0 Å². The molecule has 0 spiro atoms. The largest absolute Gasteiger partial charge is 0.335 e. The number of hydrogen-bond acceptors (Lipinski definition) is 5. The summed E-state index contributed by atoms with van der Waals surface area (Å²) in [6, 6.07) is 9.94. The van der Waals surface area contributed by atoms with Crippen LogP contribution in [-0.2, 0) is 5.54 Å². The summed E-state index contributed by atoms with van der Waals surface area (Å²) in [5.74, 6) is 0.422. The number of nitrogens with zero attached hydrogens (tertiary/aromatic N) is 7. The first-order chi connectivity index (χ1) is 16.1. The molecule has 176 valence electrons. The fraction of sp³-hybridized carbons (Fsp3) is 0.423. The first-order valence-electron chi connectivity index (χ1n) is 11.8. The summed E-state index contributed by atoms with van der Waals surface area (Å²) in [6.07, 6.45) is 5.43. The van der Waals surface area contributed by atoms with Gasteiger partial charge in [-0.2, -0.15) is 10.2 Å². The van der Waals surface area contributed by atoms with E-state index in [1.165, 1.54) is 6.33 Å². The molecule has 5 rings (SSSR count). The van der Waals surface area contributed by atoms with Crippen LogP contribution in [0.1, 0.15) is 79.8 Å². The average molecular weight is 458 g/mol.